The largest absolute Gasteiger partial charge is 0.415 e. The van der Waals surface area contributed by atoms with Gasteiger partial charge in [0.25, 0.3) is 0 Å². The monoisotopic (exact) mass is 173 g/mol. The fourth-order valence-corrected chi connectivity index (χ4v) is 2.07. The Bertz CT molecular complexity index is 160. The lowest BCUT2D eigenvalue weighted by Gasteiger charge is -2.21. The van der Waals surface area contributed by atoms with Crippen LogP contribution in [0.4, 0.5) is 0 Å². The van der Waals surface area contributed by atoms with Crippen molar-refractivity contribution in [3.8, 4) is 0 Å². The van der Waals surface area contributed by atoms with E-state index in [0.717, 1.165) is 0 Å². The number of azide groups is 1. The minimum atomic E-state index is -1.45. The molecule has 0 aromatic heterocycles. The molecule has 0 amide bonds. The Kier molecular flexibility index (Phi) is 4.18. The lowest BCUT2D eigenvalue weighted by atomic mass is 10.4. The van der Waals surface area contributed by atoms with Crippen LogP contribution in [0.15, 0.2) is 5.11 Å². The third-order valence-corrected chi connectivity index (χ3v) is 2.07. The zero-order chi connectivity index (χ0) is 8.91. The molecule has 0 aromatic rings. The predicted octanol–water partition coefficient (Wildman–Crippen LogP) is 2.54. The van der Waals surface area contributed by atoms with E-state index in [9.17, 15) is 0 Å². The van der Waals surface area contributed by atoms with Gasteiger partial charge in [-0.25, -0.2) is 0 Å². The van der Waals surface area contributed by atoms with Gasteiger partial charge in [-0.05, 0) is 32.1 Å². The summed E-state index contributed by atoms with van der Waals surface area (Å²) in [6.45, 7) is 8.69. The van der Waals surface area contributed by atoms with E-state index in [0.29, 0.717) is 6.54 Å². The second-order valence-corrected chi connectivity index (χ2v) is 7.91. The third-order valence-electron chi connectivity index (χ3n) is 0.957. The molecule has 0 saturated carbocycles. The van der Waals surface area contributed by atoms with Gasteiger partial charge in [-0.3, -0.25) is 0 Å². The molecule has 64 valence electrons. The zero-order valence-electron chi connectivity index (χ0n) is 7.53. The summed E-state index contributed by atoms with van der Waals surface area (Å²) in [4.78, 5) is 2.67. The van der Waals surface area contributed by atoms with Crippen LogP contribution in [-0.2, 0) is 4.43 Å². The molecule has 0 rings (SSSR count). The van der Waals surface area contributed by atoms with Gasteiger partial charge in [0, 0.05) is 11.0 Å². The van der Waals surface area contributed by atoms with E-state index >= 15 is 0 Å². The number of rotatable bonds is 4. The second-order valence-electron chi connectivity index (χ2n) is 3.45. The zero-order valence-corrected chi connectivity index (χ0v) is 8.53. The second kappa shape index (κ2) is 4.38. The van der Waals surface area contributed by atoms with E-state index in [-0.39, 0.29) is 6.10 Å². The van der Waals surface area contributed by atoms with Crippen LogP contribution in [0.1, 0.15) is 6.92 Å². The highest BCUT2D eigenvalue weighted by Gasteiger charge is 2.17. The molecule has 0 fully saturated rings. The minimum Gasteiger partial charge on any atom is -0.415 e. The SMILES string of the molecule is C[C@H](CN=[N+]=[N-])O[Si](C)(C)C. The highest BCUT2D eigenvalue weighted by atomic mass is 28.4. The van der Waals surface area contributed by atoms with Crippen molar-refractivity contribution in [3.05, 3.63) is 10.4 Å². The average molecular weight is 173 g/mol. The minimum absolute atomic E-state index is 0.0533. The first-order chi connectivity index (χ1) is 4.95. The summed E-state index contributed by atoms with van der Waals surface area (Å²) in [5, 5.41) is 3.43. The van der Waals surface area contributed by atoms with Crippen LogP contribution in [0.3, 0.4) is 0 Å². The van der Waals surface area contributed by atoms with E-state index in [1.807, 2.05) is 6.92 Å². The molecule has 0 aliphatic heterocycles. The Labute approximate surface area is 68.3 Å². The van der Waals surface area contributed by atoms with Crippen LogP contribution in [-0.4, -0.2) is 21.0 Å². The summed E-state index contributed by atoms with van der Waals surface area (Å²) in [6.07, 6.45) is 0.0533. The van der Waals surface area contributed by atoms with E-state index in [2.05, 4.69) is 29.7 Å². The van der Waals surface area contributed by atoms with Crippen LogP contribution in [0.2, 0.25) is 19.6 Å². The van der Waals surface area contributed by atoms with Crippen LogP contribution in [0.25, 0.3) is 10.4 Å². The van der Waals surface area contributed by atoms with Gasteiger partial charge in [0.2, 0.25) is 0 Å². The van der Waals surface area contributed by atoms with Gasteiger partial charge in [0.1, 0.15) is 0 Å². The van der Waals surface area contributed by atoms with Crippen molar-refractivity contribution in [2.45, 2.75) is 32.7 Å². The molecule has 11 heavy (non-hydrogen) atoms. The van der Waals surface area contributed by atoms with Crippen LogP contribution >= 0.6 is 0 Å². The van der Waals surface area contributed by atoms with Gasteiger partial charge in [-0.1, -0.05) is 5.11 Å². The lowest BCUT2D eigenvalue weighted by Crippen LogP contribution is -2.31. The molecule has 0 aliphatic carbocycles. The molecule has 0 spiro atoms. The van der Waals surface area contributed by atoms with Gasteiger partial charge in [-0.15, -0.1) is 0 Å². The maximum Gasteiger partial charge on any atom is 0.184 e. The van der Waals surface area contributed by atoms with Gasteiger partial charge < -0.3 is 4.43 Å². The molecule has 0 N–H and O–H groups in total. The fourth-order valence-electron chi connectivity index (χ4n) is 0.792. The molecule has 0 saturated heterocycles. The Balaban J connectivity index is 3.69. The highest BCUT2D eigenvalue weighted by Crippen LogP contribution is 2.06. The van der Waals surface area contributed by atoms with Gasteiger partial charge >= 0.3 is 0 Å². The summed E-state index contributed by atoms with van der Waals surface area (Å²) in [5.41, 5.74) is 8.03. The topological polar surface area (TPSA) is 58.0 Å². The standard InChI is InChI=1S/C6H15N3OSi/c1-6(5-8-9-7)10-11(2,3)4/h6H,5H2,1-4H3/t6-/m1/s1. The fraction of sp³-hybridized carbons (Fsp3) is 1.00. The van der Waals surface area contributed by atoms with Crippen molar-refractivity contribution in [3.63, 3.8) is 0 Å². The molecule has 0 aromatic carbocycles. The van der Waals surface area contributed by atoms with Gasteiger partial charge in [0.05, 0.1) is 6.54 Å². The molecule has 0 aliphatic rings. The maximum absolute atomic E-state index is 8.03. The molecule has 4 nitrogen and oxygen atoms in total. The molecule has 0 unspecified atom stereocenters. The Hall–Kier alpha value is -0.513. The van der Waals surface area contributed by atoms with E-state index < -0.39 is 8.32 Å². The molecular weight excluding hydrogens is 158 g/mol. The van der Waals surface area contributed by atoms with Gasteiger partial charge in [-0.2, -0.15) is 0 Å². The predicted molar refractivity (Wildman–Crippen MR) is 47.9 cm³/mol. The quantitative estimate of drug-likeness (QED) is 0.279. The smallest absolute Gasteiger partial charge is 0.184 e. The van der Waals surface area contributed by atoms with E-state index in [1.165, 1.54) is 0 Å². The average Bonchev–Trinajstić information content (AvgIpc) is 1.79. The maximum atomic E-state index is 8.03. The van der Waals surface area contributed by atoms with Crippen molar-refractivity contribution < 1.29 is 4.43 Å². The van der Waals surface area contributed by atoms with Crippen LogP contribution < -0.4 is 0 Å². The number of nitrogens with zero attached hydrogens (tertiary/aromatic N) is 3. The molecule has 0 heterocycles. The van der Waals surface area contributed by atoms with Gasteiger partial charge in [0.15, 0.2) is 8.32 Å². The van der Waals surface area contributed by atoms with E-state index in [1.54, 1.807) is 0 Å². The molecule has 0 bridgehead atoms. The lowest BCUT2D eigenvalue weighted by molar-refractivity contribution is 0.222. The normalized spacial score (nSPS) is 13.8. The summed E-state index contributed by atoms with van der Waals surface area (Å²) < 4.78 is 5.61. The number of hydrogen-bond acceptors (Lipinski definition) is 2. The van der Waals surface area contributed by atoms with Crippen LogP contribution in [0.5, 0.6) is 0 Å². The first-order valence-corrected chi connectivity index (χ1v) is 7.05. The Morgan fingerprint density at radius 2 is 2.09 bits per heavy atom. The molecule has 5 heteroatoms. The van der Waals surface area contributed by atoms with Crippen molar-refractivity contribution in [2.24, 2.45) is 5.11 Å². The highest BCUT2D eigenvalue weighted by molar-refractivity contribution is 6.69. The van der Waals surface area contributed by atoms with Crippen molar-refractivity contribution in [1.29, 1.82) is 0 Å². The van der Waals surface area contributed by atoms with Crippen molar-refractivity contribution >= 4 is 8.32 Å². The van der Waals surface area contributed by atoms with Crippen molar-refractivity contribution in [2.75, 3.05) is 6.54 Å². The first kappa shape index (κ1) is 10.5. The summed E-state index contributed by atoms with van der Waals surface area (Å²) in [6, 6.07) is 0. The number of hydrogen-bond donors (Lipinski definition) is 0. The third kappa shape index (κ3) is 7.38. The molecular formula is C6H15N3OSi. The Morgan fingerprint density at radius 1 is 1.55 bits per heavy atom. The molecule has 0 radical (unpaired) electrons. The van der Waals surface area contributed by atoms with Crippen molar-refractivity contribution in [1.82, 2.24) is 0 Å². The summed E-state index contributed by atoms with van der Waals surface area (Å²) >= 11 is 0. The van der Waals surface area contributed by atoms with E-state index in [4.69, 9.17) is 9.96 Å². The molecule has 1 atom stereocenters. The summed E-state index contributed by atoms with van der Waals surface area (Å²) in [7, 11) is -1.45. The summed E-state index contributed by atoms with van der Waals surface area (Å²) in [5.74, 6) is 0. The first-order valence-electron chi connectivity index (χ1n) is 3.64. The van der Waals surface area contributed by atoms with Crippen LogP contribution in [0, 0.1) is 0 Å². The Morgan fingerprint density at radius 3 is 2.45 bits per heavy atom.